The molecule has 4 aromatic rings. The zero-order valence-electron chi connectivity index (χ0n) is 14.7. The van der Waals surface area contributed by atoms with Crippen molar-refractivity contribution in [1.29, 1.82) is 0 Å². The van der Waals surface area contributed by atoms with Gasteiger partial charge in [-0.3, -0.25) is 15.6 Å². The van der Waals surface area contributed by atoms with Crippen molar-refractivity contribution in [3.8, 4) is 0 Å². The first-order valence-corrected chi connectivity index (χ1v) is 9.38. The lowest BCUT2D eigenvalue weighted by Crippen LogP contribution is -2.44. The smallest absolute Gasteiger partial charge is 0.242 e. The van der Waals surface area contributed by atoms with Crippen molar-refractivity contribution in [3.05, 3.63) is 77.5 Å². The minimum atomic E-state index is -0.231. The molecule has 7 heteroatoms. The number of hydrogen-bond donors (Lipinski definition) is 3. The molecule has 3 aromatic carbocycles. The molecule has 0 bridgehead atoms. The molecule has 0 spiro atoms. The summed E-state index contributed by atoms with van der Waals surface area (Å²) in [4.78, 5) is 12.4. The summed E-state index contributed by atoms with van der Waals surface area (Å²) in [6.07, 6.45) is 1.78. The summed E-state index contributed by atoms with van der Waals surface area (Å²) in [6.45, 7) is 0. The molecule has 5 nitrogen and oxygen atoms in total. The van der Waals surface area contributed by atoms with Gasteiger partial charge in [0.1, 0.15) is 5.58 Å². The summed E-state index contributed by atoms with van der Waals surface area (Å²) in [5.74, 6) is -0.231. The molecule has 3 N–H and O–H groups in total. The fraction of sp³-hybridized carbons (Fsp3) is 0.0476. The Labute approximate surface area is 171 Å². The van der Waals surface area contributed by atoms with Crippen LogP contribution in [0.3, 0.4) is 0 Å². The maximum absolute atomic E-state index is 12.4. The van der Waals surface area contributed by atoms with Gasteiger partial charge in [0.05, 0.1) is 12.7 Å². The minimum Gasteiger partial charge on any atom is -0.464 e. The first-order valence-electron chi connectivity index (χ1n) is 8.59. The van der Waals surface area contributed by atoms with Crippen LogP contribution in [-0.4, -0.2) is 11.0 Å². The van der Waals surface area contributed by atoms with E-state index in [1.807, 2.05) is 42.5 Å². The van der Waals surface area contributed by atoms with Crippen LogP contribution >= 0.6 is 23.8 Å². The molecule has 0 fully saturated rings. The number of thiocarbonyl (C=S) groups is 1. The summed E-state index contributed by atoms with van der Waals surface area (Å²) < 4.78 is 5.62. The Bertz CT molecular complexity index is 1190. The van der Waals surface area contributed by atoms with Crippen molar-refractivity contribution < 1.29 is 9.21 Å². The van der Waals surface area contributed by atoms with Crippen LogP contribution < -0.4 is 16.2 Å². The molecular formula is C21H16ClN3O2S. The lowest BCUT2D eigenvalue weighted by Gasteiger charge is -2.11. The molecule has 0 atom stereocenters. The maximum atomic E-state index is 12.4. The number of hydrogen-bond acceptors (Lipinski definition) is 3. The third-order valence-corrected chi connectivity index (χ3v) is 4.73. The number of hydrazine groups is 1. The minimum absolute atomic E-state index is 0.161. The van der Waals surface area contributed by atoms with E-state index in [1.165, 1.54) is 0 Å². The largest absolute Gasteiger partial charge is 0.464 e. The number of anilines is 1. The van der Waals surface area contributed by atoms with Crippen molar-refractivity contribution in [2.24, 2.45) is 0 Å². The standard InChI is InChI=1S/C21H16ClN3O2S/c22-15-5-3-6-16(11-15)23-21(28)25-24-19(26)10-14-12-27-18-9-8-13-4-1-2-7-17(13)20(14)18/h1-9,11-12H,10H2,(H,24,26)(H2,23,25,28). The molecule has 1 heterocycles. The van der Waals surface area contributed by atoms with E-state index in [4.69, 9.17) is 28.2 Å². The number of carbonyl (C=O) groups is 1. The van der Waals surface area contributed by atoms with Gasteiger partial charge in [0.2, 0.25) is 5.91 Å². The van der Waals surface area contributed by atoms with Crippen LogP contribution in [-0.2, 0) is 11.2 Å². The fourth-order valence-corrected chi connectivity index (χ4v) is 3.44. The van der Waals surface area contributed by atoms with Gasteiger partial charge in [-0.1, -0.05) is 48.0 Å². The van der Waals surface area contributed by atoms with Gasteiger partial charge in [0.15, 0.2) is 5.11 Å². The molecule has 0 aliphatic rings. The molecule has 0 unspecified atom stereocenters. The zero-order valence-corrected chi connectivity index (χ0v) is 16.2. The maximum Gasteiger partial charge on any atom is 0.242 e. The molecule has 1 aromatic heterocycles. The molecule has 1 amide bonds. The first-order chi connectivity index (χ1) is 13.6. The van der Waals surface area contributed by atoms with Gasteiger partial charge in [-0.2, -0.15) is 0 Å². The Hall–Kier alpha value is -3.09. The Morgan fingerprint density at radius 3 is 2.75 bits per heavy atom. The van der Waals surface area contributed by atoms with Crippen molar-refractivity contribution in [1.82, 2.24) is 10.9 Å². The van der Waals surface area contributed by atoms with Gasteiger partial charge in [0.25, 0.3) is 0 Å². The van der Waals surface area contributed by atoms with Crippen LogP contribution in [0.5, 0.6) is 0 Å². The highest BCUT2D eigenvalue weighted by Gasteiger charge is 2.13. The van der Waals surface area contributed by atoms with Gasteiger partial charge in [0, 0.05) is 21.7 Å². The summed E-state index contributed by atoms with van der Waals surface area (Å²) in [5.41, 5.74) is 7.60. The summed E-state index contributed by atoms with van der Waals surface area (Å²) >= 11 is 11.1. The Balaban J connectivity index is 1.43. The zero-order chi connectivity index (χ0) is 19.5. The number of furan rings is 1. The SMILES string of the molecule is O=C(Cc1coc2ccc3ccccc3c12)NNC(=S)Nc1cccc(Cl)c1. The van der Waals surface area contributed by atoms with Gasteiger partial charge in [-0.15, -0.1) is 0 Å². The second-order valence-corrected chi connectivity index (χ2v) is 7.08. The normalized spacial score (nSPS) is 10.8. The van der Waals surface area contributed by atoms with Crippen LogP contribution in [0.4, 0.5) is 5.69 Å². The number of amides is 1. The Morgan fingerprint density at radius 2 is 1.89 bits per heavy atom. The van der Waals surface area contributed by atoms with Crippen LogP contribution in [0.1, 0.15) is 5.56 Å². The molecule has 0 saturated carbocycles. The number of fused-ring (bicyclic) bond motifs is 3. The topological polar surface area (TPSA) is 66.3 Å². The Kier molecular flexibility index (Phi) is 5.14. The molecule has 4 rings (SSSR count). The average Bonchev–Trinajstić information content (AvgIpc) is 3.10. The monoisotopic (exact) mass is 409 g/mol. The second-order valence-electron chi connectivity index (χ2n) is 6.24. The molecule has 0 aliphatic carbocycles. The lowest BCUT2D eigenvalue weighted by molar-refractivity contribution is -0.120. The highest BCUT2D eigenvalue weighted by molar-refractivity contribution is 7.80. The second kappa shape index (κ2) is 7.88. The van der Waals surface area contributed by atoms with Gasteiger partial charge in [-0.25, -0.2) is 0 Å². The third-order valence-electron chi connectivity index (χ3n) is 4.29. The van der Waals surface area contributed by atoms with Crippen molar-refractivity contribution >= 4 is 62.3 Å². The summed E-state index contributed by atoms with van der Waals surface area (Å²) in [5, 5.41) is 6.92. The summed E-state index contributed by atoms with van der Waals surface area (Å²) in [7, 11) is 0. The van der Waals surface area contributed by atoms with Crippen molar-refractivity contribution in [2.45, 2.75) is 6.42 Å². The lowest BCUT2D eigenvalue weighted by atomic mass is 10.0. The first kappa shape index (κ1) is 18.3. The van der Waals surface area contributed by atoms with Gasteiger partial charge >= 0.3 is 0 Å². The summed E-state index contributed by atoms with van der Waals surface area (Å²) in [6, 6.07) is 19.1. The number of halogens is 1. The van der Waals surface area contributed by atoms with Crippen molar-refractivity contribution in [2.75, 3.05) is 5.32 Å². The number of benzene rings is 3. The van der Waals surface area contributed by atoms with E-state index in [0.717, 1.165) is 33.0 Å². The molecule has 0 aliphatic heterocycles. The number of carbonyl (C=O) groups excluding carboxylic acids is 1. The van der Waals surface area contributed by atoms with Crippen LogP contribution in [0.15, 0.2) is 71.3 Å². The average molecular weight is 410 g/mol. The van der Waals surface area contributed by atoms with Crippen LogP contribution in [0.25, 0.3) is 21.7 Å². The van der Waals surface area contributed by atoms with E-state index in [1.54, 1.807) is 24.5 Å². The molecule has 28 heavy (non-hydrogen) atoms. The van der Waals surface area contributed by atoms with Crippen molar-refractivity contribution in [3.63, 3.8) is 0 Å². The fourth-order valence-electron chi connectivity index (χ4n) is 3.08. The molecule has 0 radical (unpaired) electrons. The quantitative estimate of drug-likeness (QED) is 0.335. The van der Waals surface area contributed by atoms with E-state index in [-0.39, 0.29) is 17.4 Å². The van der Waals surface area contributed by atoms with E-state index >= 15 is 0 Å². The van der Waals surface area contributed by atoms with E-state index < -0.39 is 0 Å². The highest BCUT2D eigenvalue weighted by Crippen LogP contribution is 2.30. The van der Waals surface area contributed by atoms with E-state index in [9.17, 15) is 4.79 Å². The van der Waals surface area contributed by atoms with E-state index in [2.05, 4.69) is 16.2 Å². The predicted molar refractivity (Wildman–Crippen MR) is 116 cm³/mol. The van der Waals surface area contributed by atoms with Gasteiger partial charge in [-0.05, 0) is 47.3 Å². The Morgan fingerprint density at radius 1 is 1.04 bits per heavy atom. The van der Waals surface area contributed by atoms with E-state index in [0.29, 0.717) is 5.02 Å². The van der Waals surface area contributed by atoms with Gasteiger partial charge < -0.3 is 9.73 Å². The highest BCUT2D eigenvalue weighted by atomic mass is 35.5. The molecular weight excluding hydrogens is 394 g/mol. The van der Waals surface area contributed by atoms with Crippen LogP contribution in [0, 0.1) is 0 Å². The molecule has 0 saturated heterocycles. The van der Waals surface area contributed by atoms with Crippen LogP contribution in [0.2, 0.25) is 5.02 Å². The number of nitrogens with one attached hydrogen (secondary N) is 3. The number of rotatable bonds is 3. The predicted octanol–water partition coefficient (Wildman–Crippen LogP) is 4.80. The third kappa shape index (κ3) is 3.93. The molecule has 140 valence electrons.